The Bertz CT molecular complexity index is 2500. The minimum atomic E-state index is -0.0818. The van der Waals surface area contributed by atoms with Gasteiger partial charge in [0, 0.05) is 112 Å². The zero-order chi connectivity index (χ0) is 44.7. The normalized spacial score (nSPS) is 20.7. The molecule has 5 saturated heterocycles. The molecule has 5 fully saturated rings. The highest BCUT2D eigenvalue weighted by Crippen LogP contribution is 2.42. The number of carbonyl (C=O) groups is 1. The molecule has 0 spiro atoms. The van der Waals surface area contributed by atoms with Crippen LogP contribution in [0.5, 0.6) is 0 Å². The fourth-order valence-corrected chi connectivity index (χ4v) is 12.2. The van der Waals surface area contributed by atoms with Crippen LogP contribution in [0.4, 0.5) is 16.9 Å². The lowest BCUT2D eigenvalue weighted by Crippen LogP contribution is -2.39. The number of hydrogen-bond acceptors (Lipinski definition) is 14. The third kappa shape index (κ3) is 10.9. The molecule has 2 aromatic carbocycles. The van der Waals surface area contributed by atoms with Gasteiger partial charge in [0.25, 0.3) is 0 Å². The molecule has 5 aliphatic rings. The van der Waals surface area contributed by atoms with Crippen LogP contribution in [-0.4, -0.2) is 140 Å². The quantitative estimate of drug-likeness (QED) is 0.0993. The lowest BCUT2D eigenvalue weighted by molar-refractivity contribution is -0.114. The van der Waals surface area contributed by atoms with Crippen molar-refractivity contribution >= 4 is 65.9 Å². The molecule has 4 aromatic heterocycles. The van der Waals surface area contributed by atoms with Crippen LogP contribution in [0.25, 0.3) is 42.7 Å². The molecule has 2 unspecified atom stereocenters. The Kier molecular flexibility index (Phi) is 14.8. The molecule has 2 bridgehead atoms. The summed E-state index contributed by atoms with van der Waals surface area (Å²) >= 11 is 3.22. The molecule has 348 valence electrons. The van der Waals surface area contributed by atoms with Gasteiger partial charge >= 0.3 is 0 Å². The molecule has 11 rings (SSSR count). The number of amides is 1. The van der Waals surface area contributed by atoms with Gasteiger partial charge in [-0.3, -0.25) is 9.69 Å². The van der Waals surface area contributed by atoms with E-state index in [9.17, 15) is 4.79 Å². The molecule has 6 aromatic rings. The van der Waals surface area contributed by atoms with Crippen LogP contribution in [-0.2, 0) is 19.0 Å². The van der Waals surface area contributed by atoms with Crippen molar-refractivity contribution in [3.8, 4) is 22.3 Å². The number of rotatable bonds is 15. The van der Waals surface area contributed by atoms with Crippen molar-refractivity contribution in [2.75, 3.05) is 107 Å². The molecule has 15 heteroatoms. The molecule has 2 atom stereocenters. The minimum absolute atomic E-state index is 0.0818. The molecule has 0 radical (unpaired) electrons. The fraction of sp³-hybridized carbons (Fsp3) is 0.510. The third-order valence-corrected chi connectivity index (χ3v) is 15.9. The van der Waals surface area contributed by atoms with Crippen molar-refractivity contribution in [3.05, 3.63) is 78.4 Å². The summed E-state index contributed by atoms with van der Waals surface area (Å²) in [5.74, 6) is 2.80. The van der Waals surface area contributed by atoms with E-state index in [0.717, 1.165) is 153 Å². The average Bonchev–Trinajstić information content (AvgIpc) is 4.23. The number of hydrogen-bond donors (Lipinski definition) is 1. The highest BCUT2D eigenvalue weighted by Gasteiger charge is 2.38. The molecule has 66 heavy (non-hydrogen) atoms. The highest BCUT2D eigenvalue weighted by atomic mass is 32.1. The van der Waals surface area contributed by atoms with Crippen LogP contribution < -0.4 is 15.1 Å². The third-order valence-electron chi connectivity index (χ3n) is 14.0. The number of anilines is 3. The molecule has 0 aliphatic carbocycles. The van der Waals surface area contributed by atoms with E-state index in [-0.39, 0.29) is 5.91 Å². The summed E-state index contributed by atoms with van der Waals surface area (Å²) in [6.07, 6.45) is 12.8. The highest BCUT2D eigenvalue weighted by molar-refractivity contribution is 7.23. The first-order valence-electron chi connectivity index (χ1n) is 24.2. The van der Waals surface area contributed by atoms with E-state index in [2.05, 4.69) is 66.7 Å². The standard InChI is InChI=1S/C26H33N5O2S.C25H30N4O2S/c1-19(32)28-25-23(21-7-3-2-4-8-21)22-17-27-26(29-24(22)34-25)31-13-9-20(10-14-31)18-33-16-15-30-11-5-6-12-30;1-2-4-19(5-3-1)23-17-32-24-22(23)13-26-25(27-24)28-8-6-18(7-9-28)15-30-11-10-29-14-21-12-20(29)16-31-21/h2-4,7-8,17,20H,5-6,9-16,18H2,1H3,(H,28,32);1-5,13,17-18,20-21H,6-12,14-16H2. The Morgan fingerprint density at radius 2 is 1.36 bits per heavy atom. The smallest absolute Gasteiger partial charge is 0.226 e. The summed E-state index contributed by atoms with van der Waals surface area (Å²) in [7, 11) is 0. The van der Waals surface area contributed by atoms with Crippen molar-refractivity contribution in [1.29, 1.82) is 0 Å². The molecular formula is C51H63N9O4S2. The number of nitrogens with zero attached hydrogens (tertiary/aromatic N) is 8. The average molecular weight is 930 g/mol. The number of benzene rings is 2. The molecule has 1 N–H and O–H groups in total. The number of ether oxygens (including phenoxy) is 3. The summed E-state index contributed by atoms with van der Waals surface area (Å²) in [6, 6.07) is 21.2. The number of carbonyl (C=O) groups excluding carboxylic acids is 1. The van der Waals surface area contributed by atoms with Crippen LogP contribution in [0, 0.1) is 11.8 Å². The van der Waals surface area contributed by atoms with Gasteiger partial charge in [-0.25, -0.2) is 19.9 Å². The van der Waals surface area contributed by atoms with Gasteiger partial charge in [0.2, 0.25) is 17.8 Å². The number of thiophene rings is 2. The topological polar surface area (TPSA) is 121 Å². The predicted octanol–water partition coefficient (Wildman–Crippen LogP) is 8.71. The van der Waals surface area contributed by atoms with Crippen LogP contribution >= 0.6 is 22.7 Å². The molecule has 5 aliphatic heterocycles. The second kappa shape index (κ2) is 21.6. The summed E-state index contributed by atoms with van der Waals surface area (Å²) in [4.78, 5) is 42.7. The number of fused-ring (bicyclic) bond motifs is 4. The van der Waals surface area contributed by atoms with E-state index in [4.69, 9.17) is 34.1 Å². The van der Waals surface area contributed by atoms with Crippen LogP contribution in [0.3, 0.4) is 0 Å². The number of nitrogens with one attached hydrogen (secondary N) is 1. The van der Waals surface area contributed by atoms with E-state index >= 15 is 0 Å². The molecule has 9 heterocycles. The van der Waals surface area contributed by atoms with Gasteiger partial charge in [0.1, 0.15) is 14.7 Å². The maximum atomic E-state index is 11.8. The SMILES string of the molecule is CC(=O)Nc1sc2nc(N3CCC(COCCN4CCCC4)CC3)ncc2c1-c1ccccc1.c1ccc(-c2csc3nc(N4CCC(COCCN5CC6CC5CO6)CC4)ncc23)cc1. The second-order valence-electron chi connectivity index (χ2n) is 18.5. The molecule has 1 amide bonds. The second-order valence-corrected chi connectivity index (χ2v) is 20.4. The number of piperidine rings is 2. The van der Waals surface area contributed by atoms with Crippen molar-refractivity contribution in [2.45, 2.75) is 64.0 Å². The maximum Gasteiger partial charge on any atom is 0.226 e. The largest absolute Gasteiger partial charge is 0.380 e. The van der Waals surface area contributed by atoms with Gasteiger partial charge in [0.15, 0.2) is 0 Å². The van der Waals surface area contributed by atoms with Gasteiger partial charge in [-0.05, 0) is 81.0 Å². The minimum Gasteiger partial charge on any atom is -0.380 e. The first-order chi connectivity index (χ1) is 32.5. The van der Waals surface area contributed by atoms with Crippen molar-refractivity contribution in [3.63, 3.8) is 0 Å². The van der Waals surface area contributed by atoms with E-state index < -0.39 is 0 Å². The van der Waals surface area contributed by atoms with Crippen molar-refractivity contribution < 1.29 is 19.0 Å². The first-order valence-corrected chi connectivity index (χ1v) is 25.9. The number of aromatic nitrogens is 4. The lowest BCUT2D eigenvalue weighted by Gasteiger charge is -2.32. The zero-order valence-electron chi connectivity index (χ0n) is 38.2. The van der Waals surface area contributed by atoms with Crippen LogP contribution in [0.2, 0.25) is 0 Å². The fourth-order valence-electron chi connectivity index (χ4n) is 10.2. The van der Waals surface area contributed by atoms with Gasteiger partial charge in [-0.15, -0.1) is 11.3 Å². The monoisotopic (exact) mass is 929 g/mol. The van der Waals surface area contributed by atoms with Gasteiger partial charge in [-0.2, -0.15) is 0 Å². The Morgan fingerprint density at radius 3 is 1.97 bits per heavy atom. The first kappa shape index (κ1) is 45.2. The predicted molar refractivity (Wildman–Crippen MR) is 267 cm³/mol. The van der Waals surface area contributed by atoms with E-state index in [0.29, 0.717) is 24.0 Å². The van der Waals surface area contributed by atoms with E-state index in [1.54, 1.807) is 11.3 Å². The number of likely N-dealkylation sites (tertiary alicyclic amines) is 2. The Hall–Kier alpha value is -4.61. The Morgan fingerprint density at radius 1 is 0.758 bits per heavy atom. The summed E-state index contributed by atoms with van der Waals surface area (Å²) < 4.78 is 17.7. The summed E-state index contributed by atoms with van der Waals surface area (Å²) in [6.45, 7) is 15.4. The van der Waals surface area contributed by atoms with Crippen LogP contribution in [0.15, 0.2) is 78.4 Å². The summed E-state index contributed by atoms with van der Waals surface area (Å²) in [5, 5.41) is 8.13. The van der Waals surface area contributed by atoms with Gasteiger partial charge < -0.3 is 34.2 Å². The van der Waals surface area contributed by atoms with E-state index in [1.165, 1.54) is 61.7 Å². The van der Waals surface area contributed by atoms with Crippen LogP contribution in [0.1, 0.15) is 51.9 Å². The Balaban J connectivity index is 0.000000155. The lowest BCUT2D eigenvalue weighted by atomic mass is 9.98. The van der Waals surface area contributed by atoms with Gasteiger partial charge in [0.05, 0.1) is 25.9 Å². The molecular weight excluding hydrogens is 867 g/mol. The van der Waals surface area contributed by atoms with Crippen molar-refractivity contribution in [1.82, 2.24) is 29.7 Å². The Labute approximate surface area is 396 Å². The van der Waals surface area contributed by atoms with E-state index in [1.807, 2.05) is 36.7 Å². The number of morpholine rings is 1. The maximum absolute atomic E-state index is 11.8. The van der Waals surface area contributed by atoms with Gasteiger partial charge in [-0.1, -0.05) is 72.0 Å². The van der Waals surface area contributed by atoms with Crippen molar-refractivity contribution in [2.24, 2.45) is 11.8 Å². The summed E-state index contributed by atoms with van der Waals surface area (Å²) in [5.41, 5.74) is 4.50. The molecule has 0 saturated carbocycles. The zero-order valence-corrected chi connectivity index (χ0v) is 39.8. The molecule has 13 nitrogen and oxygen atoms in total.